The molecule has 2 aromatic carbocycles. The average molecular weight is 280 g/mol. The third-order valence-electron chi connectivity index (χ3n) is 3.83. The minimum atomic E-state index is -0.241. The number of amides is 2. The molecule has 1 heterocycles. The summed E-state index contributed by atoms with van der Waals surface area (Å²) in [5, 5.41) is 3.30. The Labute approximate surface area is 123 Å². The second kappa shape index (κ2) is 5.05. The minimum Gasteiger partial charge on any atom is -0.381 e. The molecular formula is C17H16N2O2. The molecule has 2 aromatic rings. The largest absolute Gasteiger partial charge is 0.381 e. The van der Waals surface area contributed by atoms with Crippen molar-refractivity contribution in [1.29, 1.82) is 0 Å². The number of hydrogen-bond acceptors (Lipinski definition) is 3. The SMILES string of the molecule is Cc1ccccc1CNc1ccc2c(c1)C(=O)N(C)C2=O. The van der Waals surface area contributed by atoms with Crippen LogP contribution in [-0.4, -0.2) is 23.8 Å². The van der Waals surface area contributed by atoms with E-state index in [2.05, 4.69) is 24.4 Å². The van der Waals surface area contributed by atoms with Gasteiger partial charge < -0.3 is 5.32 Å². The third kappa shape index (κ3) is 2.29. The van der Waals surface area contributed by atoms with Gasteiger partial charge >= 0.3 is 0 Å². The molecule has 4 nitrogen and oxygen atoms in total. The predicted octanol–water partition coefficient (Wildman–Crippen LogP) is 2.83. The van der Waals surface area contributed by atoms with Crippen molar-refractivity contribution in [1.82, 2.24) is 4.90 Å². The first-order valence-electron chi connectivity index (χ1n) is 6.83. The standard InChI is InChI=1S/C17H16N2O2/c1-11-5-3-4-6-12(11)10-18-13-7-8-14-15(9-13)17(21)19(2)16(14)20/h3-9,18H,10H2,1-2H3. The summed E-state index contributed by atoms with van der Waals surface area (Å²) in [6.45, 7) is 2.75. The van der Waals surface area contributed by atoms with E-state index < -0.39 is 0 Å². The van der Waals surface area contributed by atoms with E-state index in [-0.39, 0.29) is 11.8 Å². The van der Waals surface area contributed by atoms with Crippen LogP contribution in [0, 0.1) is 6.92 Å². The van der Waals surface area contributed by atoms with Crippen molar-refractivity contribution in [2.75, 3.05) is 12.4 Å². The van der Waals surface area contributed by atoms with E-state index in [0.717, 1.165) is 10.6 Å². The summed E-state index contributed by atoms with van der Waals surface area (Å²) in [5.74, 6) is -0.477. The second-order valence-electron chi connectivity index (χ2n) is 5.21. The van der Waals surface area contributed by atoms with Crippen LogP contribution in [0.25, 0.3) is 0 Å². The number of carbonyl (C=O) groups excluding carboxylic acids is 2. The maximum atomic E-state index is 12.0. The van der Waals surface area contributed by atoms with Crippen LogP contribution in [0.4, 0.5) is 5.69 Å². The number of carbonyl (C=O) groups is 2. The molecule has 0 saturated heterocycles. The molecule has 3 rings (SSSR count). The minimum absolute atomic E-state index is 0.236. The molecule has 0 fully saturated rings. The van der Waals surface area contributed by atoms with Gasteiger partial charge in [0.05, 0.1) is 11.1 Å². The molecule has 1 aliphatic heterocycles. The molecule has 0 unspecified atom stereocenters. The van der Waals surface area contributed by atoms with Crippen molar-refractivity contribution in [2.24, 2.45) is 0 Å². The number of anilines is 1. The van der Waals surface area contributed by atoms with Crippen LogP contribution < -0.4 is 5.32 Å². The molecular weight excluding hydrogens is 264 g/mol. The van der Waals surface area contributed by atoms with Crippen LogP contribution in [0.1, 0.15) is 31.8 Å². The Morgan fingerprint density at radius 3 is 2.48 bits per heavy atom. The number of nitrogens with one attached hydrogen (secondary N) is 1. The Bertz CT molecular complexity index is 737. The molecule has 0 aromatic heterocycles. The first-order chi connectivity index (χ1) is 10.1. The van der Waals surface area contributed by atoms with Gasteiger partial charge in [-0.05, 0) is 36.2 Å². The molecule has 4 heteroatoms. The molecule has 0 aliphatic carbocycles. The summed E-state index contributed by atoms with van der Waals surface area (Å²) >= 11 is 0. The Hall–Kier alpha value is -2.62. The quantitative estimate of drug-likeness (QED) is 0.880. The highest BCUT2D eigenvalue weighted by Crippen LogP contribution is 2.25. The number of benzene rings is 2. The summed E-state index contributed by atoms with van der Waals surface area (Å²) in [6, 6.07) is 13.4. The fraction of sp³-hybridized carbons (Fsp3) is 0.176. The number of fused-ring (bicyclic) bond motifs is 1. The molecule has 0 bridgehead atoms. The van der Waals surface area contributed by atoms with Gasteiger partial charge in [0.15, 0.2) is 0 Å². The van der Waals surface area contributed by atoms with E-state index in [4.69, 9.17) is 0 Å². The van der Waals surface area contributed by atoms with Crippen molar-refractivity contribution in [3.05, 3.63) is 64.7 Å². The number of imide groups is 1. The van der Waals surface area contributed by atoms with Gasteiger partial charge in [-0.1, -0.05) is 24.3 Å². The van der Waals surface area contributed by atoms with E-state index >= 15 is 0 Å². The van der Waals surface area contributed by atoms with Crippen molar-refractivity contribution in [3.8, 4) is 0 Å². The van der Waals surface area contributed by atoms with E-state index in [1.54, 1.807) is 12.1 Å². The Balaban J connectivity index is 1.82. The molecule has 0 atom stereocenters. The number of hydrogen-bond donors (Lipinski definition) is 1. The van der Waals surface area contributed by atoms with Gasteiger partial charge in [0.25, 0.3) is 11.8 Å². The topological polar surface area (TPSA) is 49.4 Å². The molecule has 0 radical (unpaired) electrons. The highest BCUT2D eigenvalue weighted by Gasteiger charge is 2.32. The lowest BCUT2D eigenvalue weighted by molar-refractivity contribution is 0.0693. The zero-order chi connectivity index (χ0) is 15.0. The van der Waals surface area contributed by atoms with Crippen LogP contribution in [0.3, 0.4) is 0 Å². The van der Waals surface area contributed by atoms with Crippen LogP contribution in [0.15, 0.2) is 42.5 Å². The fourth-order valence-electron chi connectivity index (χ4n) is 2.48. The van der Waals surface area contributed by atoms with Crippen molar-refractivity contribution < 1.29 is 9.59 Å². The molecule has 1 N–H and O–H groups in total. The van der Waals surface area contributed by atoms with Crippen LogP contribution in [0.5, 0.6) is 0 Å². The van der Waals surface area contributed by atoms with Crippen LogP contribution in [-0.2, 0) is 6.54 Å². The number of nitrogens with zero attached hydrogens (tertiary/aromatic N) is 1. The average Bonchev–Trinajstić information content (AvgIpc) is 2.71. The maximum Gasteiger partial charge on any atom is 0.261 e. The summed E-state index contributed by atoms with van der Waals surface area (Å²) in [7, 11) is 1.51. The Morgan fingerprint density at radius 1 is 1.00 bits per heavy atom. The van der Waals surface area contributed by atoms with E-state index in [1.165, 1.54) is 18.2 Å². The molecule has 0 saturated carbocycles. The lowest BCUT2D eigenvalue weighted by Crippen LogP contribution is -2.24. The zero-order valence-corrected chi connectivity index (χ0v) is 12.0. The van der Waals surface area contributed by atoms with Gasteiger partial charge in [0, 0.05) is 19.3 Å². The van der Waals surface area contributed by atoms with E-state index in [0.29, 0.717) is 17.7 Å². The smallest absolute Gasteiger partial charge is 0.261 e. The van der Waals surface area contributed by atoms with Gasteiger partial charge in [-0.25, -0.2) is 0 Å². The lowest BCUT2D eigenvalue weighted by atomic mass is 10.1. The van der Waals surface area contributed by atoms with Crippen LogP contribution in [0.2, 0.25) is 0 Å². The van der Waals surface area contributed by atoms with Crippen LogP contribution >= 0.6 is 0 Å². The van der Waals surface area contributed by atoms with E-state index in [1.807, 2.05) is 18.2 Å². The molecule has 2 amide bonds. The van der Waals surface area contributed by atoms with E-state index in [9.17, 15) is 9.59 Å². The van der Waals surface area contributed by atoms with Gasteiger partial charge in [0.1, 0.15) is 0 Å². The van der Waals surface area contributed by atoms with Crippen molar-refractivity contribution in [3.63, 3.8) is 0 Å². The monoisotopic (exact) mass is 280 g/mol. The maximum absolute atomic E-state index is 12.0. The first-order valence-corrected chi connectivity index (χ1v) is 6.83. The molecule has 106 valence electrons. The van der Waals surface area contributed by atoms with Gasteiger partial charge in [-0.15, -0.1) is 0 Å². The lowest BCUT2D eigenvalue weighted by Gasteiger charge is -2.09. The van der Waals surface area contributed by atoms with Crippen molar-refractivity contribution >= 4 is 17.5 Å². The number of aryl methyl sites for hydroxylation is 1. The Kier molecular flexibility index (Phi) is 3.22. The highest BCUT2D eigenvalue weighted by atomic mass is 16.2. The highest BCUT2D eigenvalue weighted by molar-refractivity contribution is 6.21. The fourth-order valence-corrected chi connectivity index (χ4v) is 2.48. The van der Waals surface area contributed by atoms with Crippen molar-refractivity contribution in [2.45, 2.75) is 13.5 Å². The normalized spacial score (nSPS) is 13.5. The summed E-state index contributed by atoms with van der Waals surface area (Å²) in [6.07, 6.45) is 0. The summed E-state index contributed by atoms with van der Waals surface area (Å²) < 4.78 is 0. The molecule has 1 aliphatic rings. The molecule has 0 spiro atoms. The summed E-state index contributed by atoms with van der Waals surface area (Å²) in [4.78, 5) is 24.9. The predicted molar refractivity (Wildman–Crippen MR) is 81.4 cm³/mol. The zero-order valence-electron chi connectivity index (χ0n) is 12.0. The third-order valence-corrected chi connectivity index (χ3v) is 3.83. The van der Waals surface area contributed by atoms with Gasteiger partial charge in [0.2, 0.25) is 0 Å². The first kappa shape index (κ1) is 13.4. The summed E-state index contributed by atoms with van der Waals surface area (Å²) in [5.41, 5.74) is 4.21. The molecule has 21 heavy (non-hydrogen) atoms. The van der Waals surface area contributed by atoms with Gasteiger partial charge in [-0.2, -0.15) is 0 Å². The van der Waals surface area contributed by atoms with Gasteiger partial charge in [-0.3, -0.25) is 14.5 Å². The second-order valence-corrected chi connectivity index (χ2v) is 5.21. The Morgan fingerprint density at radius 2 is 1.71 bits per heavy atom. The number of rotatable bonds is 3.